The van der Waals surface area contributed by atoms with E-state index in [1.807, 2.05) is 12.1 Å². The molecular formula is C14H18O2. The SMILES string of the molecule is CC1(C)Oc2ccccc2[C@@H]2OCCC[C@H]21. The first-order chi connectivity index (χ1) is 7.68. The lowest BCUT2D eigenvalue weighted by Crippen LogP contribution is -2.46. The second-order valence-electron chi connectivity index (χ2n) is 5.28. The molecule has 0 aliphatic carbocycles. The van der Waals surface area contributed by atoms with Gasteiger partial charge in [0.1, 0.15) is 11.4 Å². The van der Waals surface area contributed by atoms with Crippen LogP contribution >= 0.6 is 0 Å². The topological polar surface area (TPSA) is 18.5 Å². The molecular weight excluding hydrogens is 200 g/mol. The van der Waals surface area contributed by atoms with E-state index >= 15 is 0 Å². The van der Waals surface area contributed by atoms with E-state index in [0.717, 1.165) is 18.8 Å². The summed E-state index contributed by atoms with van der Waals surface area (Å²) in [5.74, 6) is 1.48. The van der Waals surface area contributed by atoms with Crippen LogP contribution in [-0.4, -0.2) is 12.2 Å². The van der Waals surface area contributed by atoms with E-state index in [1.165, 1.54) is 12.0 Å². The van der Waals surface area contributed by atoms with E-state index in [-0.39, 0.29) is 11.7 Å². The summed E-state index contributed by atoms with van der Waals surface area (Å²) in [5, 5.41) is 0. The van der Waals surface area contributed by atoms with Crippen molar-refractivity contribution in [2.75, 3.05) is 6.61 Å². The number of hydrogen-bond acceptors (Lipinski definition) is 2. The largest absolute Gasteiger partial charge is 0.487 e. The van der Waals surface area contributed by atoms with Gasteiger partial charge >= 0.3 is 0 Å². The summed E-state index contributed by atoms with van der Waals surface area (Å²) < 4.78 is 12.1. The van der Waals surface area contributed by atoms with Crippen molar-refractivity contribution in [3.05, 3.63) is 29.8 Å². The second-order valence-corrected chi connectivity index (χ2v) is 5.28. The highest BCUT2D eigenvalue weighted by molar-refractivity contribution is 5.39. The maximum Gasteiger partial charge on any atom is 0.125 e. The Kier molecular flexibility index (Phi) is 2.21. The Hall–Kier alpha value is -1.02. The number of ether oxygens (including phenoxy) is 2. The minimum atomic E-state index is -0.112. The van der Waals surface area contributed by atoms with Crippen molar-refractivity contribution in [2.24, 2.45) is 5.92 Å². The highest BCUT2D eigenvalue weighted by atomic mass is 16.5. The Balaban J connectivity index is 2.07. The molecule has 0 radical (unpaired) electrons. The van der Waals surface area contributed by atoms with Crippen molar-refractivity contribution in [1.82, 2.24) is 0 Å². The van der Waals surface area contributed by atoms with E-state index in [9.17, 15) is 0 Å². The molecule has 1 aromatic carbocycles. The fraction of sp³-hybridized carbons (Fsp3) is 0.571. The molecule has 0 spiro atoms. The molecule has 1 saturated heterocycles. The molecule has 0 saturated carbocycles. The van der Waals surface area contributed by atoms with Crippen LogP contribution in [0.3, 0.4) is 0 Å². The molecule has 2 heteroatoms. The van der Waals surface area contributed by atoms with Crippen molar-refractivity contribution in [1.29, 1.82) is 0 Å². The Morgan fingerprint density at radius 2 is 2.06 bits per heavy atom. The number of rotatable bonds is 0. The van der Waals surface area contributed by atoms with Gasteiger partial charge in [-0.2, -0.15) is 0 Å². The first-order valence-electron chi connectivity index (χ1n) is 6.08. The Labute approximate surface area is 96.6 Å². The fourth-order valence-corrected chi connectivity index (χ4v) is 2.97. The van der Waals surface area contributed by atoms with Crippen LogP contribution in [-0.2, 0) is 4.74 Å². The average molecular weight is 218 g/mol. The molecule has 2 nitrogen and oxygen atoms in total. The van der Waals surface area contributed by atoms with Gasteiger partial charge in [-0.3, -0.25) is 0 Å². The van der Waals surface area contributed by atoms with Gasteiger partial charge in [0.15, 0.2) is 0 Å². The number of para-hydroxylation sites is 1. The van der Waals surface area contributed by atoms with Crippen LogP contribution in [0, 0.1) is 5.92 Å². The molecule has 0 bridgehead atoms. The van der Waals surface area contributed by atoms with E-state index < -0.39 is 0 Å². The summed E-state index contributed by atoms with van der Waals surface area (Å²) in [6, 6.07) is 8.27. The maximum absolute atomic E-state index is 6.11. The first-order valence-corrected chi connectivity index (χ1v) is 6.08. The van der Waals surface area contributed by atoms with Gasteiger partial charge in [0.05, 0.1) is 6.10 Å². The second kappa shape index (κ2) is 3.49. The van der Waals surface area contributed by atoms with Crippen molar-refractivity contribution in [3.63, 3.8) is 0 Å². The van der Waals surface area contributed by atoms with Crippen LogP contribution in [0.4, 0.5) is 0 Å². The lowest BCUT2D eigenvalue weighted by Gasteiger charge is -2.46. The molecule has 2 heterocycles. The van der Waals surface area contributed by atoms with E-state index in [1.54, 1.807) is 0 Å². The molecule has 16 heavy (non-hydrogen) atoms. The van der Waals surface area contributed by atoms with E-state index in [2.05, 4.69) is 26.0 Å². The standard InChI is InChI=1S/C14H18O2/c1-14(2)11-7-5-9-15-13(11)10-6-3-4-8-12(10)16-14/h3-4,6,8,11,13H,5,7,9H2,1-2H3/t11-,13+/m1/s1. The van der Waals surface area contributed by atoms with Crippen LogP contribution in [0.1, 0.15) is 38.4 Å². The van der Waals surface area contributed by atoms with Crippen molar-refractivity contribution in [2.45, 2.75) is 38.4 Å². The zero-order valence-electron chi connectivity index (χ0n) is 9.90. The quantitative estimate of drug-likeness (QED) is 0.665. The van der Waals surface area contributed by atoms with Crippen LogP contribution < -0.4 is 4.74 Å². The van der Waals surface area contributed by atoms with Gasteiger partial charge < -0.3 is 9.47 Å². The summed E-state index contributed by atoms with van der Waals surface area (Å²) in [5.41, 5.74) is 1.12. The zero-order valence-corrected chi connectivity index (χ0v) is 9.90. The molecule has 2 atom stereocenters. The lowest BCUT2D eigenvalue weighted by atomic mass is 9.76. The predicted octanol–water partition coefficient (Wildman–Crippen LogP) is 3.33. The minimum Gasteiger partial charge on any atom is -0.487 e. The lowest BCUT2D eigenvalue weighted by molar-refractivity contribution is -0.116. The molecule has 0 N–H and O–H groups in total. The number of fused-ring (bicyclic) bond motifs is 3. The molecule has 86 valence electrons. The van der Waals surface area contributed by atoms with Gasteiger partial charge in [0.25, 0.3) is 0 Å². The molecule has 1 aromatic rings. The van der Waals surface area contributed by atoms with Crippen molar-refractivity contribution in [3.8, 4) is 5.75 Å². The van der Waals surface area contributed by atoms with Gasteiger partial charge in [-0.05, 0) is 32.8 Å². The van der Waals surface area contributed by atoms with Crippen LogP contribution in [0.5, 0.6) is 5.75 Å². The molecule has 2 aliphatic rings. The summed E-state index contributed by atoms with van der Waals surface area (Å²) in [6.07, 6.45) is 2.58. The van der Waals surface area contributed by atoms with Crippen LogP contribution in [0.25, 0.3) is 0 Å². The molecule has 3 rings (SSSR count). The minimum absolute atomic E-state index is 0.112. The van der Waals surface area contributed by atoms with E-state index in [4.69, 9.17) is 9.47 Å². The Morgan fingerprint density at radius 1 is 1.25 bits per heavy atom. The molecule has 0 unspecified atom stereocenters. The molecule has 0 aromatic heterocycles. The van der Waals surface area contributed by atoms with Gasteiger partial charge in [-0.25, -0.2) is 0 Å². The van der Waals surface area contributed by atoms with Crippen molar-refractivity contribution < 1.29 is 9.47 Å². The zero-order chi connectivity index (χ0) is 11.2. The van der Waals surface area contributed by atoms with Gasteiger partial charge in [0.2, 0.25) is 0 Å². The summed E-state index contributed by atoms with van der Waals surface area (Å²) in [7, 11) is 0. The molecule has 0 amide bonds. The smallest absolute Gasteiger partial charge is 0.125 e. The first kappa shape index (κ1) is 10.2. The third-order valence-corrected chi connectivity index (χ3v) is 3.81. The fourth-order valence-electron chi connectivity index (χ4n) is 2.97. The molecule has 1 fully saturated rings. The number of hydrogen-bond donors (Lipinski definition) is 0. The summed E-state index contributed by atoms with van der Waals surface area (Å²) in [4.78, 5) is 0. The normalized spacial score (nSPS) is 31.1. The maximum atomic E-state index is 6.11. The summed E-state index contributed by atoms with van der Waals surface area (Å²) in [6.45, 7) is 5.23. The van der Waals surface area contributed by atoms with Crippen molar-refractivity contribution >= 4 is 0 Å². The van der Waals surface area contributed by atoms with Gasteiger partial charge in [0, 0.05) is 18.1 Å². The summed E-state index contributed by atoms with van der Waals surface area (Å²) >= 11 is 0. The van der Waals surface area contributed by atoms with Crippen LogP contribution in [0.15, 0.2) is 24.3 Å². The Morgan fingerprint density at radius 3 is 2.94 bits per heavy atom. The monoisotopic (exact) mass is 218 g/mol. The Bertz CT molecular complexity index is 397. The molecule has 2 aliphatic heterocycles. The van der Waals surface area contributed by atoms with E-state index in [0.29, 0.717) is 5.92 Å². The number of benzene rings is 1. The van der Waals surface area contributed by atoms with Crippen LogP contribution in [0.2, 0.25) is 0 Å². The highest BCUT2D eigenvalue weighted by Crippen LogP contribution is 2.48. The third-order valence-electron chi connectivity index (χ3n) is 3.81. The van der Waals surface area contributed by atoms with Gasteiger partial charge in [-0.1, -0.05) is 18.2 Å². The average Bonchev–Trinajstić information content (AvgIpc) is 2.29. The third kappa shape index (κ3) is 1.44. The predicted molar refractivity (Wildman–Crippen MR) is 62.6 cm³/mol. The van der Waals surface area contributed by atoms with Gasteiger partial charge in [-0.15, -0.1) is 0 Å². The highest BCUT2D eigenvalue weighted by Gasteiger charge is 2.45.